The van der Waals surface area contributed by atoms with Gasteiger partial charge in [0, 0.05) is 17.4 Å². The predicted molar refractivity (Wildman–Crippen MR) is 142 cm³/mol. The second-order valence-corrected chi connectivity index (χ2v) is 9.41. The van der Waals surface area contributed by atoms with Crippen molar-refractivity contribution < 1.29 is 4.79 Å². The second-order valence-electron chi connectivity index (χ2n) is 9.05. The number of aromatic nitrogens is 1. The summed E-state index contributed by atoms with van der Waals surface area (Å²) in [5.41, 5.74) is 4.14. The molecule has 1 amide bonds. The number of para-hydroxylation sites is 1. The third kappa shape index (κ3) is 12.2. The maximum atomic E-state index is 12.0. The maximum Gasteiger partial charge on any atom is 0.240 e. The fraction of sp³-hybridized carbons (Fsp3) is 0.607. The second kappa shape index (κ2) is 17.5. The molecule has 1 heterocycles. The van der Waals surface area contributed by atoms with E-state index < -0.39 is 0 Å². The minimum absolute atomic E-state index is 0.0502. The van der Waals surface area contributed by atoms with Gasteiger partial charge < -0.3 is 0 Å². The summed E-state index contributed by atoms with van der Waals surface area (Å²) in [5, 5.41) is 5.43. The van der Waals surface area contributed by atoms with Crippen LogP contribution in [0.4, 0.5) is 0 Å². The van der Waals surface area contributed by atoms with Gasteiger partial charge in [0.1, 0.15) is 5.15 Å². The van der Waals surface area contributed by atoms with Crippen molar-refractivity contribution in [1.82, 2.24) is 10.4 Å². The molecule has 0 saturated heterocycles. The molecular weight excluding hydrogens is 430 g/mol. The fourth-order valence-electron chi connectivity index (χ4n) is 4.09. The SMILES string of the molecule is CCCCCCCCCCCCCCCCCC(=O)N/N=C/c1cc2ccccc2nc1Cl. The van der Waals surface area contributed by atoms with Crippen molar-refractivity contribution in [2.75, 3.05) is 0 Å². The number of nitrogens with one attached hydrogen (secondary N) is 1. The Kier molecular flexibility index (Phi) is 14.5. The summed E-state index contributed by atoms with van der Waals surface area (Å²) < 4.78 is 0. The smallest absolute Gasteiger partial charge is 0.240 e. The van der Waals surface area contributed by atoms with E-state index in [9.17, 15) is 4.79 Å². The zero-order valence-electron chi connectivity index (χ0n) is 20.5. The summed E-state index contributed by atoms with van der Waals surface area (Å²) in [4.78, 5) is 16.3. The Bertz CT molecular complexity index is 837. The highest BCUT2D eigenvalue weighted by Gasteiger charge is 2.03. The Labute approximate surface area is 205 Å². The van der Waals surface area contributed by atoms with E-state index in [1.807, 2.05) is 30.3 Å². The van der Waals surface area contributed by atoms with E-state index in [0.29, 0.717) is 17.1 Å². The number of fused-ring (bicyclic) bond motifs is 1. The molecule has 0 unspecified atom stereocenters. The van der Waals surface area contributed by atoms with Crippen LogP contribution in [0.5, 0.6) is 0 Å². The predicted octanol–water partition coefficient (Wildman–Crippen LogP) is 8.60. The van der Waals surface area contributed by atoms with Gasteiger partial charge in [-0.2, -0.15) is 5.10 Å². The molecule has 2 rings (SSSR count). The summed E-state index contributed by atoms with van der Waals surface area (Å²) in [6.07, 6.45) is 21.9. The molecule has 0 saturated carbocycles. The van der Waals surface area contributed by atoms with Crippen molar-refractivity contribution >= 4 is 34.6 Å². The molecule has 0 atom stereocenters. The summed E-state index contributed by atoms with van der Waals surface area (Å²) in [6, 6.07) is 9.71. The number of rotatable bonds is 18. The Morgan fingerprint density at radius 3 is 2.03 bits per heavy atom. The van der Waals surface area contributed by atoms with Gasteiger partial charge in [0.05, 0.1) is 11.7 Å². The van der Waals surface area contributed by atoms with Gasteiger partial charge in [-0.1, -0.05) is 127 Å². The molecule has 0 radical (unpaired) electrons. The van der Waals surface area contributed by atoms with E-state index in [1.54, 1.807) is 6.21 Å². The molecule has 0 fully saturated rings. The summed E-state index contributed by atoms with van der Waals surface area (Å²) in [5.74, 6) is -0.0502. The topological polar surface area (TPSA) is 54.4 Å². The van der Waals surface area contributed by atoms with Crippen LogP contribution in [0.25, 0.3) is 10.9 Å². The first-order chi connectivity index (χ1) is 16.2. The largest absolute Gasteiger partial charge is 0.273 e. The quantitative estimate of drug-likeness (QED) is 0.102. The molecule has 0 spiro atoms. The highest BCUT2D eigenvalue weighted by molar-refractivity contribution is 6.32. The van der Waals surface area contributed by atoms with Crippen molar-refractivity contribution in [3.8, 4) is 0 Å². The van der Waals surface area contributed by atoms with Crippen LogP contribution in [0.1, 0.15) is 115 Å². The molecule has 0 bridgehead atoms. The van der Waals surface area contributed by atoms with E-state index >= 15 is 0 Å². The number of hydrogen-bond donors (Lipinski definition) is 1. The molecule has 0 aliphatic heterocycles. The molecule has 1 aromatic heterocycles. The number of nitrogens with zero attached hydrogens (tertiary/aromatic N) is 2. The molecule has 182 valence electrons. The van der Waals surface area contributed by atoms with E-state index in [2.05, 4.69) is 22.4 Å². The first kappa shape index (κ1) is 27.3. The van der Waals surface area contributed by atoms with Crippen LogP contribution in [0.15, 0.2) is 35.4 Å². The molecule has 1 aromatic carbocycles. The van der Waals surface area contributed by atoms with Crippen LogP contribution < -0.4 is 5.43 Å². The lowest BCUT2D eigenvalue weighted by atomic mass is 10.0. The van der Waals surface area contributed by atoms with Gasteiger partial charge in [-0.15, -0.1) is 0 Å². The summed E-state index contributed by atoms with van der Waals surface area (Å²) in [7, 11) is 0. The molecule has 5 heteroatoms. The number of halogens is 1. The van der Waals surface area contributed by atoms with Crippen molar-refractivity contribution in [2.45, 2.75) is 110 Å². The maximum absolute atomic E-state index is 12.0. The van der Waals surface area contributed by atoms with Crippen LogP contribution in [0.2, 0.25) is 5.15 Å². The average Bonchev–Trinajstić information content (AvgIpc) is 2.82. The average molecular weight is 472 g/mol. The standard InChI is InChI=1S/C28H42ClN3O/c1-2-3-4-5-6-7-8-9-10-11-12-13-14-15-16-21-27(33)32-30-23-25-22-24-19-17-18-20-26(24)31-28(25)29/h17-20,22-23H,2-16,21H2,1H3,(H,32,33)/b30-23+. The zero-order chi connectivity index (χ0) is 23.6. The van der Waals surface area contributed by atoms with Gasteiger partial charge in [-0.25, -0.2) is 10.4 Å². The van der Waals surface area contributed by atoms with Crippen molar-refractivity contribution in [1.29, 1.82) is 0 Å². The van der Waals surface area contributed by atoms with Crippen LogP contribution in [0, 0.1) is 0 Å². The molecule has 4 nitrogen and oxygen atoms in total. The van der Waals surface area contributed by atoms with Gasteiger partial charge in [0.2, 0.25) is 5.91 Å². The fourth-order valence-corrected chi connectivity index (χ4v) is 4.28. The number of unbranched alkanes of at least 4 members (excludes halogenated alkanes) is 14. The number of benzene rings is 1. The van der Waals surface area contributed by atoms with Crippen molar-refractivity contribution in [3.05, 3.63) is 41.0 Å². The monoisotopic (exact) mass is 471 g/mol. The lowest BCUT2D eigenvalue weighted by molar-refractivity contribution is -0.121. The Morgan fingerprint density at radius 2 is 1.42 bits per heavy atom. The van der Waals surface area contributed by atoms with E-state index in [-0.39, 0.29) is 5.91 Å². The Morgan fingerprint density at radius 1 is 0.879 bits per heavy atom. The van der Waals surface area contributed by atoms with Gasteiger partial charge in [0.25, 0.3) is 0 Å². The molecule has 33 heavy (non-hydrogen) atoms. The normalized spacial score (nSPS) is 11.5. The molecule has 0 aliphatic rings. The van der Waals surface area contributed by atoms with Crippen LogP contribution in [-0.2, 0) is 4.79 Å². The van der Waals surface area contributed by atoms with Crippen molar-refractivity contribution in [3.63, 3.8) is 0 Å². The highest BCUT2D eigenvalue weighted by Crippen LogP contribution is 2.19. The van der Waals surface area contributed by atoms with E-state index in [0.717, 1.165) is 23.7 Å². The zero-order valence-corrected chi connectivity index (χ0v) is 21.2. The number of hydrogen-bond acceptors (Lipinski definition) is 3. The Hall–Kier alpha value is -1.94. The lowest BCUT2D eigenvalue weighted by Crippen LogP contribution is -2.16. The molecule has 2 aromatic rings. The lowest BCUT2D eigenvalue weighted by Gasteiger charge is -2.04. The Balaban J connectivity index is 1.44. The third-order valence-electron chi connectivity index (χ3n) is 6.10. The number of amides is 1. The first-order valence-corrected chi connectivity index (χ1v) is 13.5. The first-order valence-electron chi connectivity index (χ1n) is 13.1. The minimum atomic E-state index is -0.0502. The molecular formula is C28H42ClN3O. The van der Waals surface area contributed by atoms with Crippen LogP contribution >= 0.6 is 11.6 Å². The number of carbonyl (C=O) groups is 1. The molecule has 1 N–H and O–H groups in total. The van der Waals surface area contributed by atoms with Crippen LogP contribution in [0.3, 0.4) is 0 Å². The number of hydrazone groups is 1. The van der Waals surface area contributed by atoms with Gasteiger partial charge in [-0.05, 0) is 18.6 Å². The molecule has 0 aliphatic carbocycles. The third-order valence-corrected chi connectivity index (χ3v) is 6.41. The summed E-state index contributed by atoms with van der Waals surface area (Å²) in [6.45, 7) is 2.27. The van der Waals surface area contributed by atoms with E-state index in [1.165, 1.54) is 83.5 Å². The number of carbonyl (C=O) groups excluding carboxylic acids is 1. The van der Waals surface area contributed by atoms with Crippen molar-refractivity contribution in [2.24, 2.45) is 5.10 Å². The van der Waals surface area contributed by atoms with E-state index in [4.69, 9.17) is 11.6 Å². The minimum Gasteiger partial charge on any atom is -0.273 e. The highest BCUT2D eigenvalue weighted by atomic mass is 35.5. The van der Waals surface area contributed by atoms with Gasteiger partial charge in [-0.3, -0.25) is 4.79 Å². The number of pyridine rings is 1. The summed E-state index contributed by atoms with van der Waals surface area (Å²) >= 11 is 6.21. The van der Waals surface area contributed by atoms with Gasteiger partial charge in [0.15, 0.2) is 0 Å². The van der Waals surface area contributed by atoms with Crippen LogP contribution in [-0.4, -0.2) is 17.1 Å². The van der Waals surface area contributed by atoms with Gasteiger partial charge >= 0.3 is 0 Å².